The van der Waals surface area contributed by atoms with Crippen molar-refractivity contribution in [1.82, 2.24) is 9.94 Å². The van der Waals surface area contributed by atoms with E-state index in [1.807, 2.05) is 24.3 Å². The Balaban J connectivity index is 2.24. The number of methoxy groups -OCH3 is 1. The van der Waals surface area contributed by atoms with Gasteiger partial charge < -0.3 is 19.5 Å². The molecular formula is C10H11BN2O4. The molecule has 0 unspecified atom stereocenters. The van der Waals surface area contributed by atoms with Crippen LogP contribution in [0, 0.1) is 0 Å². The zero-order valence-electron chi connectivity index (χ0n) is 9.15. The summed E-state index contributed by atoms with van der Waals surface area (Å²) in [6.07, 6.45) is 1.48. The average molecular weight is 234 g/mol. The van der Waals surface area contributed by atoms with Crippen LogP contribution in [0.3, 0.4) is 0 Å². The van der Waals surface area contributed by atoms with Crippen molar-refractivity contribution in [1.29, 1.82) is 0 Å². The minimum atomic E-state index is -1.90. The van der Waals surface area contributed by atoms with Crippen LogP contribution in [0.1, 0.15) is 0 Å². The van der Waals surface area contributed by atoms with E-state index in [0.717, 1.165) is 16.2 Å². The summed E-state index contributed by atoms with van der Waals surface area (Å²) < 4.78 is 9.66. The standard InChI is InChI=1S/C10H11BN2O4/c1-16-9-4-2-3-8(7-9)10-5-6-13(12-10)17-11(14)15/h2-7,14-15H,1H3. The predicted octanol–water partition coefficient (Wildman–Crippen LogP) is -0.0432. The second-order valence-corrected chi connectivity index (χ2v) is 3.27. The normalized spacial score (nSPS) is 10.1. The summed E-state index contributed by atoms with van der Waals surface area (Å²) in [7, 11) is -0.309. The molecule has 7 heteroatoms. The molecule has 2 aromatic rings. The van der Waals surface area contributed by atoms with Crippen molar-refractivity contribution in [3.63, 3.8) is 0 Å². The van der Waals surface area contributed by atoms with E-state index in [1.165, 1.54) is 6.20 Å². The van der Waals surface area contributed by atoms with Crippen molar-refractivity contribution in [2.24, 2.45) is 0 Å². The highest BCUT2D eigenvalue weighted by Gasteiger charge is 2.12. The minimum Gasteiger partial charge on any atom is -0.497 e. The third kappa shape index (κ3) is 2.77. The van der Waals surface area contributed by atoms with E-state index in [0.29, 0.717) is 5.69 Å². The largest absolute Gasteiger partial charge is 0.729 e. The van der Waals surface area contributed by atoms with Crippen molar-refractivity contribution in [3.05, 3.63) is 36.5 Å². The molecule has 0 amide bonds. The summed E-state index contributed by atoms with van der Waals surface area (Å²) in [4.78, 5) is 0.986. The molecule has 2 N–H and O–H groups in total. The van der Waals surface area contributed by atoms with Crippen LogP contribution in [0.2, 0.25) is 0 Å². The minimum absolute atomic E-state index is 0.643. The molecule has 1 aromatic heterocycles. The lowest BCUT2D eigenvalue weighted by Gasteiger charge is -2.03. The lowest BCUT2D eigenvalue weighted by atomic mass is 10.1. The second-order valence-electron chi connectivity index (χ2n) is 3.27. The number of rotatable bonds is 4. The van der Waals surface area contributed by atoms with Gasteiger partial charge in [0.1, 0.15) is 5.75 Å². The second kappa shape index (κ2) is 4.90. The Morgan fingerprint density at radius 1 is 1.29 bits per heavy atom. The Kier molecular flexibility index (Phi) is 3.31. The molecule has 0 aliphatic rings. The fraction of sp³-hybridized carbons (Fsp3) is 0.100. The van der Waals surface area contributed by atoms with Crippen molar-refractivity contribution in [2.45, 2.75) is 0 Å². The number of ether oxygens (including phenoxy) is 1. The highest BCUT2D eigenvalue weighted by Crippen LogP contribution is 2.21. The van der Waals surface area contributed by atoms with Gasteiger partial charge in [0.05, 0.1) is 19.0 Å². The smallest absolute Gasteiger partial charge is 0.497 e. The maximum absolute atomic E-state index is 8.62. The quantitative estimate of drug-likeness (QED) is 0.725. The predicted molar refractivity (Wildman–Crippen MR) is 61.0 cm³/mol. The van der Waals surface area contributed by atoms with Gasteiger partial charge in [-0.05, 0) is 18.2 Å². The van der Waals surface area contributed by atoms with Gasteiger partial charge >= 0.3 is 7.32 Å². The SMILES string of the molecule is COc1cccc(-c2ccn(OB(O)O)n2)c1. The molecule has 0 fully saturated rings. The van der Waals surface area contributed by atoms with Crippen LogP contribution in [0.4, 0.5) is 0 Å². The third-order valence-electron chi connectivity index (χ3n) is 2.13. The fourth-order valence-corrected chi connectivity index (χ4v) is 1.40. The number of aromatic nitrogens is 2. The van der Waals surface area contributed by atoms with E-state index in [9.17, 15) is 0 Å². The first-order chi connectivity index (χ1) is 8.19. The molecule has 1 aromatic carbocycles. The number of hydrogen-bond donors (Lipinski definition) is 2. The molecule has 0 atom stereocenters. The molecule has 1 heterocycles. The molecule has 0 saturated carbocycles. The van der Waals surface area contributed by atoms with Gasteiger partial charge in [0.15, 0.2) is 0 Å². The zero-order chi connectivity index (χ0) is 12.3. The Morgan fingerprint density at radius 3 is 2.82 bits per heavy atom. The molecule has 2 rings (SSSR count). The van der Waals surface area contributed by atoms with Gasteiger partial charge in [-0.25, -0.2) is 0 Å². The lowest BCUT2D eigenvalue weighted by molar-refractivity contribution is 0.141. The highest BCUT2D eigenvalue weighted by atomic mass is 16.7. The molecular weight excluding hydrogens is 223 g/mol. The van der Waals surface area contributed by atoms with Gasteiger partial charge in [-0.2, -0.15) is 0 Å². The third-order valence-corrected chi connectivity index (χ3v) is 2.13. The molecule has 0 aliphatic carbocycles. The van der Waals surface area contributed by atoms with Crippen LogP contribution >= 0.6 is 0 Å². The molecule has 0 bridgehead atoms. The van der Waals surface area contributed by atoms with Gasteiger partial charge in [0, 0.05) is 5.56 Å². The first-order valence-electron chi connectivity index (χ1n) is 4.92. The first-order valence-corrected chi connectivity index (χ1v) is 4.92. The van der Waals surface area contributed by atoms with Gasteiger partial charge in [-0.15, -0.1) is 9.94 Å². The van der Waals surface area contributed by atoms with E-state index in [-0.39, 0.29) is 0 Å². The Hall–Kier alpha value is -1.99. The van der Waals surface area contributed by atoms with E-state index in [2.05, 4.69) is 9.85 Å². The summed E-state index contributed by atoms with van der Waals surface area (Å²) in [5, 5.41) is 21.3. The van der Waals surface area contributed by atoms with Crippen molar-refractivity contribution in [2.75, 3.05) is 7.11 Å². The fourth-order valence-electron chi connectivity index (χ4n) is 1.40. The van der Waals surface area contributed by atoms with Gasteiger partial charge in [0.25, 0.3) is 0 Å². The molecule has 0 aliphatic heterocycles. The highest BCUT2D eigenvalue weighted by molar-refractivity contribution is 6.32. The van der Waals surface area contributed by atoms with Crippen LogP contribution in [0.15, 0.2) is 36.5 Å². The van der Waals surface area contributed by atoms with Crippen LogP contribution < -0.4 is 9.49 Å². The van der Waals surface area contributed by atoms with Crippen molar-refractivity contribution >= 4 is 7.32 Å². The summed E-state index contributed by atoms with van der Waals surface area (Å²) in [6, 6.07) is 9.05. The molecule has 88 valence electrons. The Labute approximate surface area is 98.2 Å². The average Bonchev–Trinajstić information content (AvgIpc) is 2.77. The van der Waals surface area contributed by atoms with Crippen molar-refractivity contribution in [3.8, 4) is 17.0 Å². The van der Waals surface area contributed by atoms with Crippen LogP contribution in [0.25, 0.3) is 11.3 Å². The van der Waals surface area contributed by atoms with E-state index in [1.54, 1.807) is 13.2 Å². The lowest BCUT2D eigenvalue weighted by Crippen LogP contribution is -2.29. The number of benzene rings is 1. The zero-order valence-corrected chi connectivity index (χ0v) is 9.15. The number of hydrogen-bond acceptors (Lipinski definition) is 5. The summed E-state index contributed by atoms with van der Waals surface area (Å²) in [5.74, 6) is 0.722. The molecule has 0 saturated heterocycles. The molecule has 0 radical (unpaired) electrons. The maximum atomic E-state index is 8.62. The van der Waals surface area contributed by atoms with Crippen LogP contribution in [-0.2, 0) is 0 Å². The van der Waals surface area contributed by atoms with Crippen LogP contribution in [-0.4, -0.2) is 34.4 Å². The first kappa shape index (κ1) is 11.5. The molecule has 6 nitrogen and oxygen atoms in total. The topological polar surface area (TPSA) is 76.7 Å². The van der Waals surface area contributed by atoms with Crippen LogP contribution in [0.5, 0.6) is 5.75 Å². The van der Waals surface area contributed by atoms with Crippen molar-refractivity contribution < 1.29 is 19.5 Å². The van der Waals surface area contributed by atoms with Gasteiger partial charge in [-0.1, -0.05) is 12.1 Å². The summed E-state index contributed by atoms with van der Waals surface area (Å²) in [6.45, 7) is 0. The van der Waals surface area contributed by atoms with E-state index in [4.69, 9.17) is 14.8 Å². The monoisotopic (exact) mass is 234 g/mol. The Morgan fingerprint density at radius 2 is 2.12 bits per heavy atom. The summed E-state index contributed by atoms with van der Waals surface area (Å²) >= 11 is 0. The molecule has 0 spiro atoms. The van der Waals surface area contributed by atoms with Gasteiger partial charge in [-0.3, -0.25) is 0 Å². The molecule has 17 heavy (non-hydrogen) atoms. The number of nitrogens with zero attached hydrogens (tertiary/aromatic N) is 2. The van der Waals surface area contributed by atoms with E-state index >= 15 is 0 Å². The summed E-state index contributed by atoms with van der Waals surface area (Å²) in [5.41, 5.74) is 1.49. The van der Waals surface area contributed by atoms with E-state index < -0.39 is 7.32 Å². The Bertz CT molecular complexity index is 501. The maximum Gasteiger partial charge on any atom is 0.729 e. The van der Waals surface area contributed by atoms with Gasteiger partial charge in [0.2, 0.25) is 0 Å².